The SMILES string of the molecule is CC.CCC(C)(C)C(=O)OCCC12CC3CC(CC(O)(C3)C1)C2. The van der Waals surface area contributed by atoms with Gasteiger partial charge in [-0.25, -0.2) is 0 Å². The average Bonchev–Trinajstić information content (AvgIpc) is 2.46. The Morgan fingerprint density at radius 2 is 1.74 bits per heavy atom. The van der Waals surface area contributed by atoms with Crippen molar-refractivity contribution < 1.29 is 14.6 Å². The lowest BCUT2D eigenvalue weighted by Gasteiger charge is -2.60. The summed E-state index contributed by atoms with van der Waals surface area (Å²) >= 11 is 0. The molecule has 0 amide bonds. The molecule has 2 atom stereocenters. The highest BCUT2D eigenvalue weighted by Gasteiger charge is 2.56. The Labute approximate surface area is 142 Å². The summed E-state index contributed by atoms with van der Waals surface area (Å²) in [6.45, 7) is 10.4. The highest BCUT2D eigenvalue weighted by atomic mass is 16.5. The summed E-state index contributed by atoms with van der Waals surface area (Å²) in [7, 11) is 0. The summed E-state index contributed by atoms with van der Waals surface area (Å²) in [6.07, 6.45) is 8.48. The van der Waals surface area contributed by atoms with Crippen molar-refractivity contribution in [3.8, 4) is 0 Å². The number of hydrogen-bond donors (Lipinski definition) is 1. The van der Waals surface area contributed by atoms with E-state index in [9.17, 15) is 9.90 Å². The first-order valence-corrected chi connectivity index (χ1v) is 9.66. The van der Waals surface area contributed by atoms with Crippen molar-refractivity contribution in [2.24, 2.45) is 22.7 Å². The maximum atomic E-state index is 12.1. The van der Waals surface area contributed by atoms with E-state index in [0.717, 1.165) is 32.1 Å². The Morgan fingerprint density at radius 3 is 2.22 bits per heavy atom. The van der Waals surface area contributed by atoms with Gasteiger partial charge in [-0.15, -0.1) is 0 Å². The Balaban J connectivity index is 0.000000924. The van der Waals surface area contributed by atoms with Gasteiger partial charge in [0.05, 0.1) is 17.6 Å². The maximum absolute atomic E-state index is 12.1. The third-order valence-electron chi connectivity index (χ3n) is 6.45. The molecule has 0 heterocycles. The fraction of sp³-hybridized carbons (Fsp3) is 0.950. The second-order valence-corrected chi connectivity index (χ2v) is 8.81. The molecule has 0 aromatic heterocycles. The number of aliphatic hydroxyl groups is 1. The van der Waals surface area contributed by atoms with E-state index < -0.39 is 5.60 Å². The first-order chi connectivity index (χ1) is 10.8. The minimum absolute atomic E-state index is 0.0755. The molecule has 2 unspecified atom stereocenters. The number of esters is 1. The molecular weight excluding hydrogens is 288 g/mol. The number of carbonyl (C=O) groups excluding carboxylic acids is 1. The van der Waals surface area contributed by atoms with Crippen molar-refractivity contribution in [3.05, 3.63) is 0 Å². The molecule has 0 radical (unpaired) electrons. The number of rotatable bonds is 5. The van der Waals surface area contributed by atoms with Gasteiger partial charge in [0.2, 0.25) is 0 Å². The van der Waals surface area contributed by atoms with Crippen molar-refractivity contribution in [2.75, 3.05) is 6.61 Å². The molecule has 23 heavy (non-hydrogen) atoms. The van der Waals surface area contributed by atoms with E-state index in [4.69, 9.17) is 4.74 Å². The standard InChI is InChI=1S/C18H30O3.C2H6/c1-4-16(2,3)15(19)21-6-5-17-8-13-7-14(9-17)11-18(20,10-13)12-17;1-2/h13-14,20H,4-12H2,1-3H3;1-2H3. The van der Waals surface area contributed by atoms with Gasteiger partial charge in [0.15, 0.2) is 0 Å². The van der Waals surface area contributed by atoms with E-state index in [1.54, 1.807) is 0 Å². The van der Waals surface area contributed by atoms with Crippen molar-refractivity contribution >= 4 is 5.97 Å². The van der Waals surface area contributed by atoms with E-state index in [1.165, 1.54) is 19.3 Å². The van der Waals surface area contributed by atoms with Crippen LogP contribution in [0.2, 0.25) is 0 Å². The van der Waals surface area contributed by atoms with Crippen molar-refractivity contribution in [3.63, 3.8) is 0 Å². The van der Waals surface area contributed by atoms with Gasteiger partial charge in [-0.05, 0) is 82.5 Å². The molecule has 4 rings (SSSR count). The van der Waals surface area contributed by atoms with Gasteiger partial charge >= 0.3 is 5.97 Å². The highest BCUT2D eigenvalue weighted by Crippen LogP contribution is 2.62. The zero-order chi connectivity index (χ0) is 17.3. The summed E-state index contributed by atoms with van der Waals surface area (Å²) < 4.78 is 5.55. The molecule has 0 spiro atoms. The lowest BCUT2D eigenvalue weighted by Crippen LogP contribution is -2.55. The zero-order valence-electron chi connectivity index (χ0n) is 15.8. The summed E-state index contributed by atoms with van der Waals surface area (Å²) in [5.41, 5.74) is -0.536. The van der Waals surface area contributed by atoms with Gasteiger partial charge < -0.3 is 9.84 Å². The van der Waals surface area contributed by atoms with Gasteiger partial charge in [0.1, 0.15) is 0 Å². The molecule has 3 heteroatoms. The molecule has 4 saturated carbocycles. The van der Waals surface area contributed by atoms with Gasteiger partial charge in [-0.2, -0.15) is 0 Å². The van der Waals surface area contributed by atoms with Gasteiger partial charge in [0.25, 0.3) is 0 Å². The van der Waals surface area contributed by atoms with Crippen molar-refractivity contribution in [1.82, 2.24) is 0 Å². The van der Waals surface area contributed by atoms with Gasteiger partial charge in [-0.1, -0.05) is 20.8 Å². The third-order valence-corrected chi connectivity index (χ3v) is 6.45. The fourth-order valence-electron chi connectivity index (χ4n) is 5.39. The van der Waals surface area contributed by atoms with E-state index in [-0.39, 0.29) is 16.8 Å². The van der Waals surface area contributed by atoms with Crippen LogP contribution in [0.1, 0.15) is 86.0 Å². The number of carbonyl (C=O) groups is 1. The molecule has 134 valence electrons. The lowest BCUT2D eigenvalue weighted by molar-refractivity contribution is -0.173. The van der Waals surface area contributed by atoms with Crippen LogP contribution in [0.4, 0.5) is 0 Å². The summed E-state index contributed by atoms with van der Waals surface area (Å²) in [4.78, 5) is 12.1. The Kier molecular flexibility index (Phi) is 5.50. The summed E-state index contributed by atoms with van der Waals surface area (Å²) in [5, 5.41) is 10.7. The molecule has 0 aromatic rings. The summed E-state index contributed by atoms with van der Waals surface area (Å²) in [5.74, 6) is 1.34. The third kappa shape index (κ3) is 3.92. The predicted molar refractivity (Wildman–Crippen MR) is 93.1 cm³/mol. The molecule has 1 N–H and O–H groups in total. The van der Waals surface area contributed by atoms with Crippen LogP contribution in [0.25, 0.3) is 0 Å². The van der Waals surface area contributed by atoms with E-state index in [2.05, 4.69) is 0 Å². The molecule has 4 aliphatic rings. The van der Waals surface area contributed by atoms with Crippen molar-refractivity contribution in [1.29, 1.82) is 0 Å². The smallest absolute Gasteiger partial charge is 0.311 e. The monoisotopic (exact) mass is 324 g/mol. The maximum Gasteiger partial charge on any atom is 0.311 e. The van der Waals surface area contributed by atoms with Crippen LogP contribution in [-0.2, 0) is 9.53 Å². The molecule has 4 bridgehead atoms. The average molecular weight is 325 g/mol. The quantitative estimate of drug-likeness (QED) is 0.745. The molecule has 0 aliphatic heterocycles. The predicted octanol–water partition coefficient (Wildman–Crippen LogP) is 4.71. The zero-order valence-corrected chi connectivity index (χ0v) is 15.8. The highest BCUT2D eigenvalue weighted by molar-refractivity contribution is 5.75. The van der Waals surface area contributed by atoms with Crippen LogP contribution in [0, 0.1) is 22.7 Å². The molecule has 0 saturated heterocycles. The van der Waals surface area contributed by atoms with E-state index in [1.807, 2.05) is 34.6 Å². The van der Waals surface area contributed by atoms with E-state index in [0.29, 0.717) is 18.4 Å². The van der Waals surface area contributed by atoms with Gasteiger partial charge in [-0.3, -0.25) is 4.79 Å². The topological polar surface area (TPSA) is 46.5 Å². The van der Waals surface area contributed by atoms with Crippen LogP contribution < -0.4 is 0 Å². The number of ether oxygens (including phenoxy) is 1. The molecular formula is C20H36O3. The fourth-order valence-corrected chi connectivity index (χ4v) is 5.39. The van der Waals surface area contributed by atoms with Crippen LogP contribution in [0.15, 0.2) is 0 Å². The molecule has 3 nitrogen and oxygen atoms in total. The Bertz CT molecular complexity index is 413. The first-order valence-electron chi connectivity index (χ1n) is 9.66. The van der Waals surface area contributed by atoms with Gasteiger partial charge in [0, 0.05) is 0 Å². The molecule has 4 aliphatic carbocycles. The Morgan fingerprint density at radius 1 is 1.17 bits per heavy atom. The lowest BCUT2D eigenvalue weighted by atomic mass is 9.47. The second-order valence-electron chi connectivity index (χ2n) is 8.81. The normalized spacial score (nSPS) is 38.0. The minimum Gasteiger partial charge on any atom is -0.465 e. The Hall–Kier alpha value is -0.570. The van der Waals surface area contributed by atoms with Crippen LogP contribution in [0.5, 0.6) is 0 Å². The molecule has 4 fully saturated rings. The first kappa shape index (κ1) is 18.8. The number of hydrogen-bond acceptors (Lipinski definition) is 3. The largest absolute Gasteiger partial charge is 0.465 e. The molecule has 0 aromatic carbocycles. The summed E-state index contributed by atoms with van der Waals surface area (Å²) in [6, 6.07) is 0. The van der Waals surface area contributed by atoms with Crippen LogP contribution in [-0.4, -0.2) is 23.3 Å². The van der Waals surface area contributed by atoms with Crippen molar-refractivity contribution in [2.45, 2.75) is 91.6 Å². The van der Waals surface area contributed by atoms with Crippen LogP contribution >= 0.6 is 0 Å². The second kappa shape index (κ2) is 6.74. The van der Waals surface area contributed by atoms with E-state index >= 15 is 0 Å². The van der Waals surface area contributed by atoms with Crippen LogP contribution in [0.3, 0.4) is 0 Å². The minimum atomic E-state index is -0.406.